The smallest absolute Gasteiger partial charge is 0.416 e. The second-order valence-corrected chi connectivity index (χ2v) is 10.5. The lowest BCUT2D eigenvalue weighted by Gasteiger charge is -2.31. The van der Waals surface area contributed by atoms with Gasteiger partial charge in [-0.15, -0.1) is 0 Å². The highest BCUT2D eigenvalue weighted by Crippen LogP contribution is 2.59. The first kappa shape index (κ1) is 24.5. The van der Waals surface area contributed by atoms with Gasteiger partial charge in [0.05, 0.1) is 18.7 Å². The Labute approximate surface area is 209 Å². The van der Waals surface area contributed by atoms with Crippen molar-refractivity contribution < 1.29 is 27.4 Å². The first-order valence-electron chi connectivity index (χ1n) is 12.3. The molecule has 5 rings (SSSR count). The summed E-state index contributed by atoms with van der Waals surface area (Å²) >= 11 is 0. The molecule has 2 fully saturated rings. The molecule has 1 aliphatic heterocycles. The molecule has 8 heteroatoms. The zero-order valence-corrected chi connectivity index (χ0v) is 20.7. The second-order valence-electron chi connectivity index (χ2n) is 10.5. The van der Waals surface area contributed by atoms with E-state index in [-0.39, 0.29) is 5.41 Å². The molecule has 2 atom stereocenters. The zero-order chi connectivity index (χ0) is 25.8. The summed E-state index contributed by atoms with van der Waals surface area (Å²) in [5, 5.41) is 0. The van der Waals surface area contributed by atoms with E-state index in [1.807, 2.05) is 19.1 Å². The number of ether oxygens (including phenoxy) is 2. The van der Waals surface area contributed by atoms with Crippen molar-refractivity contribution in [1.29, 1.82) is 0 Å². The van der Waals surface area contributed by atoms with E-state index in [2.05, 4.69) is 0 Å². The van der Waals surface area contributed by atoms with Gasteiger partial charge in [-0.3, -0.25) is 4.90 Å². The van der Waals surface area contributed by atoms with Crippen LogP contribution in [-0.2, 0) is 10.9 Å². The molecule has 2 N–H and O–H groups in total. The monoisotopic (exact) mass is 500 g/mol. The van der Waals surface area contributed by atoms with E-state index in [0.717, 1.165) is 53.9 Å². The fourth-order valence-corrected chi connectivity index (χ4v) is 5.76. The van der Waals surface area contributed by atoms with Gasteiger partial charge in [0, 0.05) is 17.8 Å². The van der Waals surface area contributed by atoms with Crippen molar-refractivity contribution in [3.05, 3.63) is 64.2 Å². The minimum Gasteiger partial charge on any atom is -0.496 e. The summed E-state index contributed by atoms with van der Waals surface area (Å²) in [7, 11) is 1.63. The van der Waals surface area contributed by atoms with Crippen LogP contribution >= 0.6 is 0 Å². The molecule has 1 heterocycles. The number of nitrogens with zero attached hydrogens (tertiary/aromatic N) is 1. The van der Waals surface area contributed by atoms with Crippen LogP contribution in [-0.4, -0.2) is 30.7 Å². The predicted octanol–water partition coefficient (Wildman–Crippen LogP) is 6.90. The third-order valence-corrected chi connectivity index (χ3v) is 7.94. The number of benzene rings is 2. The number of carbonyl (C=O) groups is 1. The van der Waals surface area contributed by atoms with Crippen LogP contribution in [0.2, 0.25) is 0 Å². The maximum atomic E-state index is 13.4. The molecule has 0 radical (unpaired) electrons. The van der Waals surface area contributed by atoms with Gasteiger partial charge in [0.1, 0.15) is 11.9 Å². The number of anilines is 1. The third kappa shape index (κ3) is 4.53. The van der Waals surface area contributed by atoms with E-state index in [4.69, 9.17) is 15.2 Å². The Bertz CT molecular complexity index is 1230. The van der Waals surface area contributed by atoms with Gasteiger partial charge >= 0.3 is 12.3 Å². The van der Waals surface area contributed by atoms with Gasteiger partial charge < -0.3 is 15.2 Å². The molecule has 0 unspecified atom stereocenters. The summed E-state index contributed by atoms with van der Waals surface area (Å²) in [4.78, 5) is 14.7. The lowest BCUT2D eigenvalue weighted by atomic mass is 9.78. The number of amides is 1. The highest BCUT2D eigenvalue weighted by Gasteiger charge is 2.47. The number of alkyl halides is 3. The van der Waals surface area contributed by atoms with Gasteiger partial charge in [0.25, 0.3) is 0 Å². The van der Waals surface area contributed by atoms with Crippen LogP contribution in [0.5, 0.6) is 5.75 Å². The first-order valence-corrected chi connectivity index (χ1v) is 12.3. The zero-order valence-electron chi connectivity index (χ0n) is 20.7. The fraction of sp³-hybridized carbons (Fsp3) is 0.464. The average molecular weight is 501 g/mol. The molecule has 1 saturated carbocycles. The maximum absolute atomic E-state index is 13.4. The Morgan fingerprint density at radius 2 is 1.92 bits per heavy atom. The molecule has 0 aromatic heterocycles. The summed E-state index contributed by atoms with van der Waals surface area (Å²) < 4.78 is 51.6. The molecule has 2 aromatic rings. The van der Waals surface area contributed by atoms with Gasteiger partial charge in [-0.1, -0.05) is 11.6 Å². The van der Waals surface area contributed by atoms with Crippen LogP contribution < -0.4 is 10.5 Å². The molecular formula is C28H31F3N2O3. The molecule has 1 spiro atoms. The highest BCUT2D eigenvalue weighted by atomic mass is 19.4. The molecule has 2 aromatic carbocycles. The Balaban J connectivity index is 1.48. The number of rotatable bonds is 5. The normalized spacial score (nSPS) is 23.3. The molecule has 2 aliphatic carbocycles. The average Bonchev–Trinajstić information content (AvgIpc) is 3.51. The van der Waals surface area contributed by atoms with Crippen molar-refractivity contribution in [2.45, 2.75) is 64.3 Å². The number of allylic oxidation sites excluding steroid dienone is 1. The van der Waals surface area contributed by atoms with Gasteiger partial charge in [-0.05, 0) is 98.4 Å². The summed E-state index contributed by atoms with van der Waals surface area (Å²) in [5.74, 6) is 0.734. The molecule has 1 saturated heterocycles. The Morgan fingerprint density at radius 1 is 1.17 bits per heavy atom. The van der Waals surface area contributed by atoms with Gasteiger partial charge in [-0.2, -0.15) is 13.2 Å². The number of nitrogen functional groups attached to an aromatic ring is 1. The van der Waals surface area contributed by atoms with Crippen molar-refractivity contribution in [2.75, 3.05) is 19.4 Å². The predicted molar refractivity (Wildman–Crippen MR) is 131 cm³/mol. The largest absolute Gasteiger partial charge is 0.496 e. The number of aryl methyl sites for hydroxylation is 1. The van der Waals surface area contributed by atoms with Crippen molar-refractivity contribution in [3.63, 3.8) is 0 Å². The Kier molecular flexibility index (Phi) is 5.96. The molecule has 5 nitrogen and oxygen atoms in total. The quantitative estimate of drug-likeness (QED) is 0.454. The van der Waals surface area contributed by atoms with Crippen molar-refractivity contribution in [1.82, 2.24) is 4.90 Å². The Hall–Kier alpha value is -3.16. The lowest BCUT2D eigenvalue weighted by Crippen LogP contribution is -2.35. The fourth-order valence-electron chi connectivity index (χ4n) is 5.76. The summed E-state index contributed by atoms with van der Waals surface area (Å²) in [6.45, 7) is 3.82. The SMILES string of the molecule is COc1ccc(N)cc1C1=C(CN2C(=O)O[C@H](c3cc(C)cc(C(F)(F)F)c3)[C@@H]2C)CC2(CC1)CC2. The lowest BCUT2D eigenvalue weighted by molar-refractivity contribution is -0.137. The van der Waals surface area contributed by atoms with E-state index < -0.39 is 30.0 Å². The van der Waals surface area contributed by atoms with Gasteiger partial charge in [0.15, 0.2) is 0 Å². The maximum Gasteiger partial charge on any atom is 0.416 e. The molecule has 1 amide bonds. The first-order chi connectivity index (χ1) is 17.0. The van der Waals surface area contributed by atoms with E-state index in [1.165, 1.54) is 12.8 Å². The van der Waals surface area contributed by atoms with E-state index in [1.54, 1.807) is 31.1 Å². The number of hydrogen-bond donors (Lipinski definition) is 1. The number of carbonyl (C=O) groups excluding carboxylic acids is 1. The highest BCUT2D eigenvalue weighted by molar-refractivity contribution is 5.78. The Morgan fingerprint density at radius 3 is 2.58 bits per heavy atom. The number of nitrogens with two attached hydrogens (primary N) is 1. The standard InChI is InChI=1S/C28H31F3N2O3/c1-16-10-18(12-20(11-16)28(29,30)31)25-17(2)33(26(34)36-25)15-19-14-27(8-9-27)7-6-22(19)23-13-21(32)4-5-24(23)35-3/h4-5,10-13,17,25H,6-9,14-15,32H2,1-3H3/t17-,25-/m0/s1. The molecule has 0 bridgehead atoms. The van der Waals surface area contributed by atoms with Gasteiger partial charge in [0.2, 0.25) is 0 Å². The molecular weight excluding hydrogens is 469 g/mol. The van der Waals surface area contributed by atoms with Gasteiger partial charge in [-0.25, -0.2) is 4.79 Å². The number of methoxy groups -OCH3 is 1. The van der Waals surface area contributed by atoms with Crippen LogP contribution in [0.25, 0.3) is 5.57 Å². The van der Waals surface area contributed by atoms with E-state index in [0.29, 0.717) is 23.4 Å². The van der Waals surface area contributed by atoms with Crippen LogP contribution in [0.3, 0.4) is 0 Å². The topological polar surface area (TPSA) is 64.8 Å². The van der Waals surface area contributed by atoms with Crippen molar-refractivity contribution in [3.8, 4) is 5.75 Å². The van der Waals surface area contributed by atoms with Crippen LogP contribution in [0.4, 0.5) is 23.7 Å². The number of halogens is 3. The van der Waals surface area contributed by atoms with Crippen molar-refractivity contribution >= 4 is 17.4 Å². The third-order valence-electron chi connectivity index (χ3n) is 7.94. The minimum atomic E-state index is -4.47. The summed E-state index contributed by atoms with van der Waals surface area (Å²) in [5.41, 5.74) is 10.3. The molecule has 3 aliphatic rings. The molecule has 36 heavy (non-hydrogen) atoms. The summed E-state index contributed by atoms with van der Waals surface area (Å²) in [6, 6.07) is 9.01. The van der Waals surface area contributed by atoms with E-state index >= 15 is 0 Å². The molecule has 192 valence electrons. The van der Waals surface area contributed by atoms with E-state index in [9.17, 15) is 18.0 Å². The second kappa shape index (κ2) is 8.75. The minimum absolute atomic E-state index is 0.289. The van der Waals surface area contributed by atoms with Crippen LogP contribution in [0, 0.1) is 12.3 Å². The number of cyclic esters (lactones) is 1. The summed E-state index contributed by atoms with van der Waals surface area (Å²) in [6.07, 6.45) is -0.590. The van der Waals surface area contributed by atoms with Crippen LogP contribution in [0.15, 0.2) is 42.0 Å². The van der Waals surface area contributed by atoms with Crippen molar-refractivity contribution in [2.24, 2.45) is 5.41 Å². The number of hydrogen-bond acceptors (Lipinski definition) is 4. The van der Waals surface area contributed by atoms with Crippen LogP contribution in [0.1, 0.15) is 67.4 Å².